The minimum absolute atomic E-state index is 0.0956. The highest BCUT2D eigenvalue weighted by Gasteiger charge is 2.33. The summed E-state index contributed by atoms with van der Waals surface area (Å²) in [4.78, 5) is 19.0. The van der Waals surface area contributed by atoms with E-state index in [4.69, 9.17) is 0 Å². The second-order valence-electron chi connectivity index (χ2n) is 6.47. The van der Waals surface area contributed by atoms with Crippen LogP contribution in [0.15, 0.2) is 36.4 Å². The molecule has 0 aliphatic carbocycles. The van der Waals surface area contributed by atoms with E-state index in [-0.39, 0.29) is 12.1 Å². The highest BCUT2D eigenvalue weighted by atomic mass is 16.2. The Morgan fingerprint density at radius 1 is 1.31 bits per heavy atom. The van der Waals surface area contributed by atoms with Crippen LogP contribution in [0.2, 0.25) is 0 Å². The normalized spacial score (nSPS) is 16.8. The number of benzene rings is 1. The van der Waals surface area contributed by atoms with Crippen LogP contribution in [0.3, 0.4) is 0 Å². The van der Waals surface area contributed by atoms with Crippen LogP contribution in [0, 0.1) is 6.92 Å². The van der Waals surface area contributed by atoms with Crippen LogP contribution < -0.4 is 5.32 Å². The van der Waals surface area contributed by atoms with E-state index >= 15 is 0 Å². The van der Waals surface area contributed by atoms with Gasteiger partial charge in [0.1, 0.15) is 11.6 Å². The number of aryl methyl sites for hydroxylation is 2. The molecule has 0 radical (unpaired) electrons. The highest BCUT2D eigenvalue weighted by Crippen LogP contribution is 2.30. The zero-order chi connectivity index (χ0) is 18.1. The summed E-state index contributed by atoms with van der Waals surface area (Å²) in [7, 11) is 1.82. The van der Waals surface area contributed by atoms with E-state index in [1.807, 2.05) is 50.4 Å². The van der Waals surface area contributed by atoms with Crippen molar-refractivity contribution in [1.29, 1.82) is 0 Å². The van der Waals surface area contributed by atoms with Crippen molar-refractivity contribution in [1.82, 2.24) is 29.9 Å². The van der Waals surface area contributed by atoms with Gasteiger partial charge >= 0.3 is 6.03 Å². The molecule has 0 spiro atoms. The fourth-order valence-electron chi connectivity index (χ4n) is 3.30. The number of likely N-dealkylation sites (tertiary alicyclic amines) is 1. The molecule has 0 unspecified atom stereocenters. The van der Waals surface area contributed by atoms with Gasteiger partial charge in [-0.05, 0) is 19.8 Å². The van der Waals surface area contributed by atoms with Gasteiger partial charge in [-0.2, -0.15) is 10.2 Å². The van der Waals surface area contributed by atoms with Crippen molar-refractivity contribution in [3.8, 4) is 11.3 Å². The monoisotopic (exact) mass is 351 g/mol. The Morgan fingerprint density at radius 3 is 2.85 bits per heavy atom. The lowest BCUT2D eigenvalue weighted by molar-refractivity contribution is 0.205. The molecule has 8 heteroatoms. The van der Waals surface area contributed by atoms with Crippen molar-refractivity contribution in [3.63, 3.8) is 0 Å². The molecule has 3 heterocycles. The zero-order valence-corrected chi connectivity index (χ0v) is 14.8. The number of hydrogen-bond donors (Lipinski definition) is 2. The van der Waals surface area contributed by atoms with E-state index in [0.717, 1.165) is 29.9 Å². The molecule has 3 aromatic rings. The van der Waals surface area contributed by atoms with Gasteiger partial charge in [-0.1, -0.05) is 30.3 Å². The van der Waals surface area contributed by atoms with Gasteiger partial charge in [0, 0.05) is 25.2 Å². The number of urea groups is 1. The number of nitrogens with zero attached hydrogens (tertiary/aromatic N) is 5. The molecule has 1 aliphatic heterocycles. The number of H-pyrrole nitrogens is 1. The molecule has 1 fully saturated rings. The average Bonchev–Trinajstić information content (AvgIpc) is 3.36. The Morgan fingerprint density at radius 2 is 2.12 bits per heavy atom. The molecule has 0 saturated carbocycles. The van der Waals surface area contributed by atoms with Crippen LogP contribution in [0.5, 0.6) is 0 Å². The third kappa shape index (κ3) is 3.05. The van der Waals surface area contributed by atoms with Gasteiger partial charge in [0.15, 0.2) is 5.82 Å². The predicted molar refractivity (Wildman–Crippen MR) is 97.5 cm³/mol. The SMILES string of the molecule is Cc1nc([C@H]2CCCN2C(=O)Nc2cc(-c3ccccc3)nn2C)n[nH]1. The summed E-state index contributed by atoms with van der Waals surface area (Å²) in [6, 6.07) is 11.5. The number of aromatic nitrogens is 5. The van der Waals surface area contributed by atoms with Gasteiger partial charge in [0.25, 0.3) is 0 Å². The summed E-state index contributed by atoms with van der Waals surface area (Å²) in [5.74, 6) is 2.09. The molecule has 8 nitrogen and oxygen atoms in total. The van der Waals surface area contributed by atoms with Gasteiger partial charge in [-0.3, -0.25) is 15.1 Å². The van der Waals surface area contributed by atoms with Crippen LogP contribution >= 0.6 is 0 Å². The maximum Gasteiger partial charge on any atom is 0.323 e. The molecule has 2 N–H and O–H groups in total. The number of carbonyl (C=O) groups is 1. The standard InChI is InChI=1S/C18H21N7O/c1-12-19-17(22-21-12)15-9-6-10-25(15)18(26)20-16-11-14(23-24(16)2)13-7-4-3-5-8-13/h3-5,7-8,11,15H,6,9-10H2,1-2H3,(H,20,26)(H,19,21,22)/t15-/m1/s1. The van der Waals surface area contributed by atoms with E-state index in [9.17, 15) is 4.79 Å². The number of anilines is 1. The van der Waals surface area contributed by atoms with E-state index in [1.165, 1.54) is 0 Å². The minimum atomic E-state index is -0.155. The third-order valence-electron chi connectivity index (χ3n) is 4.61. The number of rotatable bonds is 3. The lowest BCUT2D eigenvalue weighted by atomic mass is 10.2. The van der Waals surface area contributed by atoms with Gasteiger partial charge in [-0.15, -0.1) is 0 Å². The first-order valence-electron chi connectivity index (χ1n) is 8.68. The number of hydrogen-bond acceptors (Lipinski definition) is 4. The van der Waals surface area contributed by atoms with E-state index in [2.05, 4.69) is 25.6 Å². The Labute approximate surface area is 151 Å². The summed E-state index contributed by atoms with van der Waals surface area (Å²) >= 11 is 0. The van der Waals surface area contributed by atoms with Crippen LogP contribution in [-0.2, 0) is 7.05 Å². The molecule has 4 rings (SSSR count). The summed E-state index contributed by atoms with van der Waals surface area (Å²) < 4.78 is 1.68. The van der Waals surface area contributed by atoms with E-state index in [0.29, 0.717) is 18.2 Å². The number of aromatic amines is 1. The largest absolute Gasteiger partial charge is 0.323 e. The van der Waals surface area contributed by atoms with Crippen molar-refractivity contribution in [2.75, 3.05) is 11.9 Å². The molecule has 2 amide bonds. The molecule has 134 valence electrons. The molecular weight excluding hydrogens is 330 g/mol. The topological polar surface area (TPSA) is 91.7 Å². The molecule has 1 atom stereocenters. The van der Waals surface area contributed by atoms with Gasteiger partial charge in [0.05, 0.1) is 11.7 Å². The summed E-state index contributed by atoms with van der Waals surface area (Å²) in [6.07, 6.45) is 1.80. The Hall–Kier alpha value is -3.16. The minimum Gasteiger partial charge on any atom is -0.314 e. The van der Waals surface area contributed by atoms with Gasteiger partial charge in [0.2, 0.25) is 0 Å². The first kappa shape index (κ1) is 16.3. The molecule has 2 aromatic heterocycles. The van der Waals surface area contributed by atoms with Crippen LogP contribution in [0.1, 0.15) is 30.5 Å². The maximum absolute atomic E-state index is 12.8. The molecule has 1 aromatic carbocycles. The fraction of sp³-hybridized carbons (Fsp3) is 0.333. The van der Waals surface area contributed by atoms with E-state index in [1.54, 1.807) is 9.58 Å². The summed E-state index contributed by atoms with van der Waals surface area (Å²) in [6.45, 7) is 2.55. The van der Waals surface area contributed by atoms with Gasteiger partial charge in [-0.25, -0.2) is 9.78 Å². The van der Waals surface area contributed by atoms with E-state index < -0.39 is 0 Å². The summed E-state index contributed by atoms with van der Waals surface area (Å²) in [5, 5.41) is 14.5. The molecule has 26 heavy (non-hydrogen) atoms. The van der Waals surface area contributed by atoms with Crippen LogP contribution in [0.25, 0.3) is 11.3 Å². The molecule has 0 bridgehead atoms. The zero-order valence-electron chi connectivity index (χ0n) is 14.8. The molecular formula is C18H21N7O. The lowest BCUT2D eigenvalue weighted by Gasteiger charge is -2.22. The van der Waals surface area contributed by atoms with Crippen molar-refractivity contribution < 1.29 is 4.79 Å². The Balaban J connectivity index is 1.52. The third-order valence-corrected chi connectivity index (χ3v) is 4.61. The highest BCUT2D eigenvalue weighted by molar-refractivity contribution is 5.89. The van der Waals surface area contributed by atoms with Gasteiger partial charge < -0.3 is 4.90 Å². The molecule has 1 saturated heterocycles. The average molecular weight is 351 g/mol. The smallest absolute Gasteiger partial charge is 0.314 e. The molecule has 1 aliphatic rings. The second kappa shape index (κ2) is 6.62. The Kier molecular flexibility index (Phi) is 4.16. The van der Waals surface area contributed by atoms with Crippen LogP contribution in [-0.4, -0.2) is 42.4 Å². The fourth-order valence-corrected chi connectivity index (χ4v) is 3.30. The quantitative estimate of drug-likeness (QED) is 0.759. The van der Waals surface area contributed by atoms with Crippen LogP contribution in [0.4, 0.5) is 10.6 Å². The maximum atomic E-state index is 12.8. The predicted octanol–water partition coefficient (Wildman–Crippen LogP) is 2.88. The number of nitrogens with one attached hydrogen (secondary N) is 2. The number of amides is 2. The second-order valence-corrected chi connectivity index (χ2v) is 6.47. The summed E-state index contributed by atoms with van der Waals surface area (Å²) in [5.41, 5.74) is 1.84. The van der Waals surface area contributed by atoms with Crippen molar-refractivity contribution in [3.05, 3.63) is 48.0 Å². The van der Waals surface area contributed by atoms with Crippen molar-refractivity contribution in [2.24, 2.45) is 7.05 Å². The van der Waals surface area contributed by atoms with Crippen molar-refractivity contribution in [2.45, 2.75) is 25.8 Å². The van der Waals surface area contributed by atoms with Crippen molar-refractivity contribution >= 4 is 11.8 Å². The first-order valence-corrected chi connectivity index (χ1v) is 8.68. The first-order chi connectivity index (χ1) is 12.6. The number of carbonyl (C=O) groups excluding carboxylic acids is 1. The lowest BCUT2D eigenvalue weighted by Crippen LogP contribution is -2.35. The Bertz CT molecular complexity index is 915.